The SMILES string of the molecule is O=C(/C=C/c1ccccc1Cl)NCC[C@H](O)c1cccs1. The zero-order chi connectivity index (χ0) is 15.1. The average molecular weight is 322 g/mol. The first-order chi connectivity index (χ1) is 10.2. The molecule has 1 atom stereocenters. The Hall–Kier alpha value is -1.62. The molecule has 0 spiro atoms. The lowest BCUT2D eigenvalue weighted by atomic mass is 10.2. The number of hydrogen-bond donors (Lipinski definition) is 2. The van der Waals surface area contributed by atoms with Crippen LogP contribution in [0.3, 0.4) is 0 Å². The Morgan fingerprint density at radius 3 is 2.86 bits per heavy atom. The van der Waals surface area contributed by atoms with Gasteiger partial charge in [-0.3, -0.25) is 4.79 Å². The van der Waals surface area contributed by atoms with Crippen LogP contribution in [0, 0.1) is 0 Å². The summed E-state index contributed by atoms with van der Waals surface area (Å²) >= 11 is 7.50. The highest BCUT2D eigenvalue weighted by atomic mass is 35.5. The highest BCUT2D eigenvalue weighted by Gasteiger charge is 2.08. The number of amides is 1. The highest BCUT2D eigenvalue weighted by molar-refractivity contribution is 7.10. The number of rotatable bonds is 6. The summed E-state index contributed by atoms with van der Waals surface area (Å²) in [6, 6.07) is 11.1. The van der Waals surface area contributed by atoms with E-state index < -0.39 is 6.10 Å². The highest BCUT2D eigenvalue weighted by Crippen LogP contribution is 2.21. The maximum absolute atomic E-state index is 11.7. The third-order valence-corrected chi connectivity index (χ3v) is 4.23. The molecule has 0 radical (unpaired) electrons. The van der Waals surface area contributed by atoms with Crippen molar-refractivity contribution in [3.63, 3.8) is 0 Å². The maximum Gasteiger partial charge on any atom is 0.244 e. The van der Waals surface area contributed by atoms with E-state index in [1.54, 1.807) is 12.1 Å². The van der Waals surface area contributed by atoms with E-state index in [4.69, 9.17) is 11.6 Å². The van der Waals surface area contributed by atoms with Gasteiger partial charge in [0.2, 0.25) is 5.91 Å². The summed E-state index contributed by atoms with van der Waals surface area (Å²) < 4.78 is 0. The second-order valence-corrected chi connectivity index (χ2v) is 5.85. The van der Waals surface area contributed by atoms with Gasteiger partial charge < -0.3 is 10.4 Å². The van der Waals surface area contributed by atoms with Crippen LogP contribution >= 0.6 is 22.9 Å². The van der Waals surface area contributed by atoms with E-state index in [0.29, 0.717) is 18.0 Å². The molecule has 0 aliphatic carbocycles. The lowest BCUT2D eigenvalue weighted by Gasteiger charge is -2.08. The zero-order valence-corrected chi connectivity index (χ0v) is 12.9. The lowest BCUT2D eigenvalue weighted by Crippen LogP contribution is -2.23. The molecule has 1 aromatic carbocycles. The van der Waals surface area contributed by atoms with Gasteiger partial charge in [0.05, 0.1) is 6.10 Å². The van der Waals surface area contributed by atoms with Gasteiger partial charge in [-0.15, -0.1) is 11.3 Å². The second-order valence-electron chi connectivity index (χ2n) is 4.47. The molecule has 21 heavy (non-hydrogen) atoms. The Kier molecular flexibility index (Phi) is 5.99. The van der Waals surface area contributed by atoms with Crippen LogP contribution in [-0.4, -0.2) is 17.6 Å². The summed E-state index contributed by atoms with van der Waals surface area (Å²) in [6.45, 7) is 0.421. The molecule has 0 aliphatic rings. The number of aliphatic hydroxyl groups excluding tert-OH is 1. The minimum atomic E-state index is -0.530. The van der Waals surface area contributed by atoms with Crippen LogP contribution in [0.2, 0.25) is 5.02 Å². The normalized spacial score (nSPS) is 12.5. The Morgan fingerprint density at radius 2 is 2.14 bits per heavy atom. The number of halogens is 1. The summed E-state index contributed by atoms with van der Waals surface area (Å²) in [6.07, 6.45) is 3.08. The van der Waals surface area contributed by atoms with Gasteiger partial charge >= 0.3 is 0 Å². The fraction of sp³-hybridized carbons (Fsp3) is 0.188. The van der Waals surface area contributed by atoms with E-state index in [-0.39, 0.29) is 5.91 Å². The Balaban J connectivity index is 1.76. The fourth-order valence-corrected chi connectivity index (χ4v) is 2.73. The molecule has 0 unspecified atom stereocenters. The monoisotopic (exact) mass is 321 g/mol. The predicted octanol–water partition coefficient (Wildman–Crippen LogP) is 3.65. The summed E-state index contributed by atoms with van der Waals surface area (Å²) in [5, 5.41) is 15.2. The van der Waals surface area contributed by atoms with Gasteiger partial charge in [-0.1, -0.05) is 35.9 Å². The van der Waals surface area contributed by atoms with Gasteiger partial charge in [-0.25, -0.2) is 0 Å². The van der Waals surface area contributed by atoms with Crippen LogP contribution in [0.4, 0.5) is 0 Å². The first-order valence-electron chi connectivity index (χ1n) is 6.58. The first kappa shape index (κ1) is 15.8. The van der Waals surface area contributed by atoms with Crippen LogP contribution in [0.5, 0.6) is 0 Å². The largest absolute Gasteiger partial charge is 0.388 e. The topological polar surface area (TPSA) is 49.3 Å². The molecule has 110 valence electrons. The van der Waals surface area contributed by atoms with Crippen molar-refractivity contribution in [3.05, 3.63) is 63.3 Å². The van der Waals surface area contributed by atoms with Crippen molar-refractivity contribution < 1.29 is 9.90 Å². The lowest BCUT2D eigenvalue weighted by molar-refractivity contribution is -0.116. The Bertz CT molecular complexity index is 610. The number of hydrogen-bond acceptors (Lipinski definition) is 3. The van der Waals surface area contributed by atoms with Gasteiger partial charge in [0.15, 0.2) is 0 Å². The number of aliphatic hydroxyl groups is 1. The molecule has 1 aromatic heterocycles. The van der Waals surface area contributed by atoms with Crippen LogP contribution in [0.25, 0.3) is 6.08 Å². The molecule has 0 bridgehead atoms. The summed E-state index contributed by atoms with van der Waals surface area (Å²) in [4.78, 5) is 12.6. The van der Waals surface area contributed by atoms with Crippen molar-refractivity contribution in [2.24, 2.45) is 0 Å². The third kappa shape index (κ3) is 5.01. The molecular weight excluding hydrogens is 306 g/mol. The van der Waals surface area contributed by atoms with Gasteiger partial charge in [-0.05, 0) is 35.6 Å². The maximum atomic E-state index is 11.7. The summed E-state index contributed by atoms with van der Waals surface area (Å²) in [7, 11) is 0. The first-order valence-corrected chi connectivity index (χ1v) is 7.84. The molecule has 1 heterocycles. The number of benzene rings is 1. The molecular formula is C16H16ClNO2S. The molecule has 3 nitrogen and oxygen atoms in total. The van der Waals surface area contributed by atoms with Gasteiger partial charge in [-0.2, -0.15) is 0 Å². The van der Waals surface area contributed by atoms with E-state index in [1.807, 2.05) is 35.7 Å². The molecule has 0 fully saturated rings. The van der Waals surface area contributed by atoms with Gasteiger partial charge in [0.25, 0.3) is 0 Å². The van der Waals surface area contributed by atoms with Gasteiger partial charge in [0.1, 0.15) is 0 Å². The average Bonchev–Trinajstić information content (AvgIpc) is 3.00. The van der Waals surface area contributed by atoms with E-state index in [1.165, 1.54) is 17.4 Å². The predicted molar refractivity (Wildman–Crippen MR) is 87.4 cm³/mol. The second kappa shape index (κ2) is 7.98. The van der Waals surface area contributed by atoms with Crippen LogP contribution in [-0.2, 0) is 4.79 Å². The molecule has 2 N–H and O–H groups in total. The summed E-state index contributed by atoms with van der Waals surface area (Å²) in [5.74, 6) is -0.201. The minimum Gasteiger partial charge on any atom is -0.388 e. The zero-order valence-electron chi connectivity index (χ0n) is 11.3. The van der Waals surface area contributed by atoms with Gasteiger partial charge in [0, 0.05) is 22.5 Å². The van der Waals surface area contributed by atoms with Crippen molar-refractivity contribution in [1.82, 2.24) is 5.32 Å². The molecule has 0 saturated carbocycles. The molecule has 2 aromatic rings. The van der Waals surface area contributed by atoms with Crippen molar-refractivity contribution >= 4 is 34.9 Å². The van der Waals surface area contributed by atoms with E-state index >= 15 is 0 Å². The molecule has 0 aliphatic heterocycles. The molecule has 5 heteroatoms. The van der Waals surface area contributed by atoms with Crippen molar-refractivity contribution in [1.29, 1.82) is 0 Å². The van der Waals surface area contributed by atoms with Crippen LogP contribution in [0.15, 0.2) is 47.9 Å². The molecule has 0 saturated heterocycles. The fourth-order valence-electron chi connectivity index (χ4n) is 1.79. The Morgan fingerprint density at radius 1 is 1.33 bits per heavy atom. The standard InChI is InChI=1S/C16H16ClNO2S/c17-13-5-2-1-4-12(13)7-8-16(20)18-10-9-14(19)15-6-3-11-21-15/h1-8,11,14,19H,9-10H2,(H,18,20)/b8-7+/t14-/m0/s1. The van der Waals surface area contributed by atoms with Crippen molar-refractivity contribution in [2.45, 2.75) is 12.5 Å². The number of carbonyl (C=O) groups excluding carboxylic acids is 1. The number of nitrogens with one attached hydrogen (secondary N) is 1. The van der Waals surface area contributed by atoms with Crippen LogP contribution in [0.1, 0.15) is 23.0 Å². The number of thiophene rings is 1. The Labute approximate surface area is 132 Å². The third-order valence-electron chi connectivity index (χ3n) is 2.91. The van der Waals surface area contributed by atoms with Crippen LogP contribution < -0.4 is 5.32 Å². The van der Waals surface area contributed by atoms with E-state index in [0.717, 1.165) is 10.4 Å². The molecule has 1 amide bonds. The number of carbonyl (C=O) groups is 1. The van der Waals surface area contributed by atoms with Crippen molar-refractivity contribution in [2.75, 3.05) is 6.54 Å². The van der Waals surface area contributed by atoms with Crippen molar-refractivity contribution in [3.8, 4) is 0 Å². The van der Waals surface area contributed by atoms with E-state index in [2.05, 4.69) is 5.32 Å². The molecule has 2 rings (SSSR count). The summed E-state index contributed by atoms with van der Waals surface area (Å²) in [5.41, 5.74) is 0.799. The van der Waals surface area contributed by atoms with E-state index in [9.17, 15) is 9.90 Å². The smallest absolute Gasteiger partial charge is 0.244 e. The minimum absolute atomic E-state index is 0.201. The quantitative estimate of drug-likeness (QED) is 0.798.